The summed E-state index contributed by atoms with van der Waals surface area (Å²) in [4.78, 5) is 29.4. The summed E-state index contributed by atoms with van der Waals surface area (Å²) in [7, 11) is 6.78. The van der Waals surface area contributed by atoms with Crippen molar-refractivity contribution in [2.24, 2.45) is 0 Å². The molecule has 0 radical (unpaired) electrons. The Morgan fingerprint density at radius 3 is 2.52 bits per heavy atom. The average molecular weight is 666 g/mol. The number of aromatic nitrogens is 1. The quantitative estimate of drug-likeness (QED) is 0.107. The van der Waals surface area contributed by atoms with E-state index in [2.05, 4.69) is 22.0 Å². The first-order valence-electron chi connectivity index (χ1n) is 13.6. The molecule has 1 aromatic heterocycles. The maximum Gasteiger partial charge on any atom is 0.303 e. The van der Waals surface area contributed by atoms with Gasteiger partial charge in [0.2, 0.25) is 5.91 Å². The number of carboxylic acid groups (broad SMARTS) is 1. The highest BCUT2D eigenvalue weighted by molar-refractivity contribution is 9.10. The van der Waals surface area contributed by atoms with E-state index in [0.29, 0.717) is 25.0 Å². The predicted octanol–water partition coefficient (Wildman–Crippen LogP) is 8.60. The molecule has 0 aliphatic heterocycles. The second kappa shape index (κ2) is 15.8. The molecule has 0 fully saturated rings. The van der Waals surface area contributed by atoms with Crippen molar-refractivity contribution in [2.45, 2.75) is 30.9 Å². The maximum absolute atomic E-state index is 11.9. The Balaban J connectivity index is 1.38. The van der Waals surface area contributed by atoms with Gasteiger partial charge in [0.1, 0.15) is 11.5 Å². The number of rotatable bonds is 14. The van der Waals surface area contributed by atoms with Gasteiger partial charge in [-0.25, -0.2) is 4.98 Å². The van der Waals surface area contributed by atoms with Crippen LogP contribution in [0.5, 0.6) is 11.5 Å². The lowest BCUT2D eigenvalue weighted by Crippen LogP contribution is -2.21. The summed E-state index contributed by atoms with van der Waals surface area (Å²) in [6.07, 6.45) is 5.84. The van der Waals surface area contributed by atoms with Crippen LogP contribution in [0, 0.1) is 0 Å². The number of hydrogen-bond donors (Lipinski definition) is 1. The molecule has 1 unspecified atom stereocenters. The lowest BCUT2D eigenvalue weighted by Gasteiger charge is -2.16. The van der Waals surface area contributed by atoms with Crippen molar-refractivity contribution < 1.29 is 19.4 Å². The summed E-state index contributed by atoms with van der Waals surface area (Å²) < 4.78 is 7.21. The van der Waals surface area contributed by atoms with Crippen molar-refractivity contribution in [1.82, 2.24) is 9.88 Å². The number of fused-ring (bicyclic) bond motifs is 1. The van der Waals surface area contributed by atoms with Gasteiger partial charge in [0.25, 0.3) is 0 Å². The Bertz CT molecular complexity index is 1560. The van der Waals surface area contributed by atoms with Crippen molar-refractivity contribution in [2.75, 3.05) is 19.8 Å². The largest absolute Gasteiger partial charge is 0.481 e. The lowest BCUT2D eigenvalue weighted by molar-refractivity contribution is -0.137. The molecule has 0 spiro atoms. The van der Waals surface area contributed by atoms with Crippen molar-refractivity contribution in [3.05, 3.63) is 100 Å². The minimum absolute atomic E-state index is 0.0911. The fourth-order valence-electron chi connectivity index (χ4n) is 4.16. The molecule has 1 heterocycles. The molecule has 4 rings (SSSR count). The first-order chi connectivity index (χ1) is 20.2. The van der Waals surface area contributed by atoms with Gasteiger partial charge in [-0.2, -0.15) is 0 Å². The number of benzene rings is 3. The molecule has 3 aromatic carbocycles. The van der Waals surface area contributed by atoms with Crippen molar-refractivity contribution in [3.63, 3.8) is 0 Å². The number of halogens is 1. The summed E-state index contributed by atoms with van der Waals surface area (Å²) in [6, 6.07) is 25.9. The Labute approximate surface area is 263 Å². The molecule has 0 aliphatic rings. The van der Waals surface area contributed by atoms with Gasteiger partial charge in [0, 0.05) is 47.8 Å². The first-order valence-corrected chi connectivity index (χ1v) is 16.7. The highest BCUT2D eigenvalue weighted by Crippen LogP contribution is 2.33. The highest BCUT2D eigenvalue weighted by atomic mass is 79.9. The van der Waals surface area contributed by atoms with Crippen LogP contribution >= 0.6 is 37.5 Å². The van der Waals surface area contributed by atoms with Gasteiger partial charge in [0.15, 0.2) is 0 Å². The molecular weight excluding hydrogens is 632 g/mol. The summed E-state index contributed by atoms with van der Waals surface area (Å²) in [6.45, 7) is 0. The molecule has 0 saturated heterocycles. The number of carbonyl (C=O) groups excluding carboxylic acids is 1. The number of pyridine rings is 1. The van der Waals surface area contributed by atoms with E-state index in [1.54, 1.807) is 40.6 Å². The maximum atomic E-state index is 11.9. The second-order valence-corrected chi connectivity index (χ2v) is 13.6. The molecule has 218 valence electrons. The molecule has 0 bridgehead atoms. The van der Waals surface area contributed by atoms with Crippen LogP contribution in [0.2, 0.25) is 0 Å². The number of hydrogen-bond acceptors (Lipinski definition) is 6. The highest BCUT2D eigenvalue weighted by Gasteiger charge is 2.15. The molecule has 1 atom stereocenters. The van der Waals surface area contributed by atoms with Gasteiger partial charge in [-0.05, 0) is 72.5 Å². The third-order valence-electron chi connectivity index (χ3n) is 6.36. The summed E-state index contributed by atoms with van der Waals surface area (Å²) in [5.41, 5.74) is 3.88. The normalized spacial score (nSPS) is 12.0. The Hall–Kier alpha value is -3.27. The molecular formula is C33H33BrN2O4S2. The van der Waals surface area contributed by atoms with Gasteiger partial charge >= 0.3 is 5.97 Å². The fourth-order valence-corrected chi connectivity index (χ4v) is 7.14. The van der Waals surface area contributed by atoms with E-state index >= 15 is 0 Å². The van der Waals surface area contributed by atoms with Crippen molar-refractivity contribution >= 4 is 72.4 Å². The van der Waals surface area contributed by atoms with Crippen molar-refractivity contribution in [1.29, 1.82) is 0 Å². The summed E-state index contributed by atoms with van der Waals surface area (Å²) >= 11 is 3.51. The standard InChI is InChI=1S/C33H33BrN2O4S2/c1-36(2)32(37)17-18-41-42-30(15-16-33(38)39)21-24-6-4-8-29(20-24)40-28-7-3-5-23(19-28)9-13-27-14-11-25-10-12-26(34)22-31(25)35-27/h3-14,19-20,22,30H,15-18,21H2,1-2H3,(H,38,39). The molecule has 1 amide bonds. The van der Waals surface area contributed by atoms with Crippen LogP contribution in [-0.2, 0) is 16.0 Å². The number of amides is 1. The van der Waals surface area contributed by atoms with Crippen LogP contribution in [0.1, 0.15) is 36.1 Å². The SMILES string of the molecule is CN(C)C(=O)CCSSC(CCC(=O)O)Cc1cccc(Oc2cccc(C=Cc3ccc4ccc(Br)cc4n3)c2)c1. The number of nitrogens with zero attached hydrogens (tertiary/aromatic N) is 2. The molecule has 0 aliphatic carbocycles. The van der Waals surface area contributed by atoms with E-state index in [9.17, 15) is 14.7 Å². The molecule has 0 saturated carbocycles. The van der Waals surface area contributed by atoms with Gasteiger partial charge in [-0.1, -0.05) is 80.0 Å². The number of ether oxygens (including phenoxy) is 1. The minimum Gasteiger partial charge on any atom is -0.481 e. The van der Waals surface area contributed by atoms with Crippen molar-refractivity contribution in [3.8, 4) is 11.5 Å². The van der Waals surface area contributed by atoms with Gasteiger partial charge in [-0.3, -0.25) is 9.59 Å². The van der Waals surface area contributed by atoms with E-state index in [0.717, 1.165) is 43.7 Å². The molecule has 1 N–H and O–H groups in total. The van der Waals surface area contributed by atoms with Crippen LogP contribution in [0.4, 0.5) is 0 Å². The average Bonchev–Trinajstić information content (AvgIpc) is 2.96. The summed E-state index contributed by atoms with van der Waals surface area (Å²) in [5, 5.41) is 10.4. The molecule has 42 heavy (non-hydrogen) atoms. The number of aliphatic carboxylic acids is 1. The molecule has 9 heteroatoms. The number of carboxylic acids is 1. The van der Waals surface area contributed by atoms with Gasteiger partial charge < -0.3 is 14.7 Å². The van der Waals surface area contributed by atoms with E-state index in [4.69, 9.17) is 9.72 Å². The molecule has 4 aromatic rings. The van der Waals surface area contributed by atoms with Gasteiger partial charge in [-0.15, -0.1) is 0 Å². The van der Waals surface area contributed by atoms with Crippen LogP contribution in [-0.4, -0.2) is 52.0 Å². The van der Waals surface area contributed by atoms with Gasteiger partial charge in [0.05, 0.1) is 11.2 Å². The van der Waals surface area contributed by atoms with E-state index in [-0.39, 0.29) is 17.6 Å². The zero-order chi connectivity index (χ0) is 29.9. The topological polar surface area (TPSA) is 79.7 Å². The summed E-state index contributed by atoms with van der Waals surface area (Å²) in [5.74, 6) is 1.43. The zero-order valence-electron chi connectivity index (χ0n) is 23.5. The monoisotopic (exact) mass is 664 g/mol. The van der Waals surface area contributed by atoms with Crippen LogP contribution in [0.25, 0.3) is 23.1 Å². The third kappa shape index (κ3) is 10.2. The Morgan fingerprint density at radius 1 is 0.976 bits per heavy atom. The fraction of sp³-hybridized carbons (Fsp3) is 0.242. The first kappa shape index (κ1) is 31.7. The minimum atomic E-state index is -0.802. The second-order valence-electron chi connectivity index (χ2n) is 9.94. The molecule has 6 nitrogen and oxygen atoms in total. The Morgan fingerprint density at radius 2 is 1.74 bits per heavy atom. The zero-order valence-corrected chi connectivity index (χ0v) is 26.8. The van der Waals surface area contributed by atoms with Crippen LogP contribution < -0.4 is 4.74 Å². The smallest absolute Gasteiger partial charge is 0.303 e. The van der Waals surface area contributed by atoms with E-state index in [1.807, 2.05) is 84.9 Å². The van der Waals surface area contributed by atoms with Crippen LogP contribution in [0.3, 0.4) is 0 Å². The van der Waals surface area contributed by atoms with E-state index < -0.39 is 5.97 Å². The van der Waals surface area contributed by atoms with Crippen LogP contribution in [0.15, 0.2) is 83.3 Å². The predicted molar refractivity (Wildman–Crippen MR) is 179 cm³/mol. The lowest BCUT2D eigenvalue weighted by atomic mass is 10.1. The van der Waals surface area contributed by atoms with E-state index in [1.165, 1.54) is 0 Å². The Kier molecular flexibility index (Phi) is 11.9. The third-order valence-corrected chi connectivity index (χ3v) is 9.76. The number of carbonyl (C=O) groups is 2.